The molecule has 2 aromatic heterocycles. The van der Waals surface area contributed by atoms with Crippen LogP contribution < -0.4 is 4.74 Å². The van der Waals surface area contributed by atoms with Crippen LogP contribution in [0.1, 0.15) is 11.3 Å². The molecule has 5 rings (SSSR count). The van der Waals surface area contributed by atoms with E-state index in [9.17, 15) is 0 Å². The number of fused-ring (bicyclic) bond motifs is 1. The minimum atomic E-state index is 0.339. The molecule has 0 saturated heterocycles. The van der Waals surface area contributed by atoms with E-state index in [-0.39, 0.29) is 0 Å². The minimum Gasteiger partial charge on any atom is -0.486 e. The van der Waals surface area contributed by atoms with Gasteiger partial charge in [-0.3, -0.25) is 0 Å². The van der Waals surface area contributed by atoms with Crippen molar-refractivity contribution in [1.29, 1.82) is 0 Å². The van der Waals surface area contributed by atoms with Gasteiger partial charge in [0, 0.05) is 0 Å². The molecule has 29 heavy (non-hydrogen) atoms. The lowest BCUT2D eigenvalue weighted by atomic mass is 10.2. The van der Waals surface area contributed by atoms with E-state index in [1.54, 1.807) is 0 Å². The lowest BCUT2D eigenvalue weighted by molar-refractivity contribution is 0.302. The van der Waals surface area contributed by atoms with Crippen molar-refractivity contribution < 1.29 is 4.74 Å². The fourth-order valence-electron chi connectivity index (χ4n) is 3.27. The molecule has 142 valence electrons. The van der Waals surface area contributed by atoms with Crippen LogP contribution in [-0.4, -0.2) is 25.0 Å². The summed E-state index contributed by atoms with van der Waals surface area (Å²) in [5.74, 6) is 1.54. The molecule has 0 aliphatic rings. The Labute approximate surface area is 167 Å². The van der Waals surface area contributed by atoms with Crippen molar-refractivity contribution in [3.8, 4) is 17.1 Å². The molecule has 0 saturated carbocycles. The van der Waals surface area contributed by atoms with E-state index < -0.39 is 0 Å². The molecule has 0 amide bonds. The molecule has 0 bridgehead atoms. The van der Waals surface area contributed by atoms with Crippen LogP contribution in [0.15, 0.2) is 85.1 Å². The Hall–Kier alpha value is -3.93. The van der Waals surface area contributed by atoms with Crippen molar-refractivity contribution in [2.24, 2.45) is 0 Å². The van der Waals surface area contributed by atoms with Crippen LogP contribution in [0.4, 0.5) is 0 Å². The lowest BCUT2D eigenvalue weighted by Gasteiger charge is -2.08. The summed E-state index contributed by atoms with van der Waals surface area (Å²) in [5, 5.41) is 8.43. The molecule has 6 nitrogen and oxygen atoms in total. The molecule has 6 heteroatoms. The fraction of sp³-hybridized carbons (Fsp3) is 0.0870. The average molecular weight is 381 g/mol. The largest absolute Gasteiger partial charge is 0.486 e. The van der Waals surface area contributed by atoms with E-state index in [0.29, 0.717) is 13.2 Å². The number of hydrogen-bond acceptors (Lipinski definition) is 4. The molecule has 0 fully saturated rings. The third kappa shape index (κ3) is 3.73. The second kappa shape index (κ2) is 7.59. The monoisotopic (exact) mass is 381 g/mol. The van der Waals surface area contributed by atoms with Crippen molar-refractivity contribution in [3.63, 3.8) is 0 Å². The number of ether oxygens (including phenoxy) is 1. The van der Waals surface area contributed by atoms with Gasteiger partial charge in [0.15, 0.2) is 0 Å². The number of rotatable bonds is 6. The highest BCUT2D eigenvalue weighted by molar-refractivity contribution is 5.80. The van der Waals surface area contributed by atoms with Crippen LogP contribution in [0.2, 0.25) is 0 Å². The number of nitrogens with one attached hydrogen (secondary N) is 1. The Kier molecular flexibility index (Phi) is 4.50. The summed E-state index contributed by atoms with van der Waals surface area (Å²) in [7, 11) is 0. The number of imidazole rings is 1. The quantitative estimate of drug-likeness (QED) is 0.472. The summed E-state index contributed by atoms with van der Waals surface area (Å²) in [6, 6.07) is 26.0. The highest BCUT2D eigenvalue weighted by atomic mass is 16.5. The smallest absolute Gasteiger partial charge is 0.142 e. The molecule has 0 aliphatic heterocycles. The van der Waals surface area contributed by atoms with Gasteiger partial charge in [0.1, 0.15) is 23.9 Å². The first kappa shape index (κ1) is 17.2. The highest BCUT2D eigenvalue weighted by Gasteiger charge is 2.11. The number of para-hydroxylation sites is 3. The van der Waals surface area contributed by atoms with Gasteiger partial charge in [-0.15, -0.1) is 5.10 Å². The molecule has 0 spiro atoms. The number of nitrogens with zero attached hydrogens (tertiary/aromatic N) is 4. The summed E-state index contributed by atoms with van der Waals surface area (Å²) in [4.78, 5) is 8.04. The maximum atomic E-state index is 6.06. The second-order valence-electron chi connectivity index (χ2n) is 6.78. The fourth-order valence-corrected chi connectivity index (χ4v) is 3.27. The van der Waals surface area contributed by atoms with E-state index in [4.69, 9.17) is 4.74 Å². The number of aromatic nitrogens is 5. The van der Waals surface area contributed by atoms with Gasteiger partial charge in [-0.05, 0) is 29.8 Å². The Morgan fingerprint density at radius 2 is 1.66 bits per heavy atom. The molecular formula is C23H19N5O. The average Bonchev–Trinajstić information content (AvgIpc) is 3.40. The molecule has 0 atom stereocenters. The van der Waals surface area contributed by atoms with Crippen LogP contribution in [0.5, 0.6) is 5.75 Å². The predicted octanol–water partition coefficient (Wildman–Crippen LogP) is 4.45. The van der Waals surface area contributed by atoms with Crippen LogP contribution in [-0.2, 0) is 13.2 Å². The van der Waals surface area contributed by atoms with Crippen LogP contribution in [0.25, 0.3) is 22.4 Å². The van der Waals surface area contributed by atoms with Gasteiger partial charge in [0.2, 0.25) is 0 Å². The van der Waals surface area contributed by atoms with Crippen LogP contribution in [0, 0.1) is 0 Å². The van der Waals surface area contributed by atoms with Crippen molar-refractivity contribution in [2.75, 3.05) is 0 Å². The topological polar surface area (TPSA) is 68.6 Å². The highest BCUT2D eigenvalue weighted by Crippen LogP contribution is 2.29. The first-order valence-corrected chi connectivity index (χ1v) is 9.45. The summed E-state index contributed by atoms with van der Waals surface area (Å²) < 4.78 is 7.88. The molecule has 3 aromatic carbocycles. The van der Waals surface area contributed by atoms with Gasteiger partial charge < -0.3 is 9.72 Å². The van der Waals surface area contributed by atoms with Gasteiger partial charge >= 0.3 is 0 Å². The molecule has 0 radical (unpaired) electrons. The summed E-state index contributed by atoms with van der Waals surface area (Å²) in [6.07, 6.45) is 1.91. The standard InChI is InChI=1S/C23H19N5O/c1-2-8-17(9-3-1)14-28-15-18(26-27-28)16-29-22-13-7-4-10-19(22)23-24-20-11-5-6-12-21(20)25-23/h1-13,15H,14,16H2,(H,24,25). The van der Waals surface area contributed by atoms with Gasteiger partial charge in [0.25, 0.3) is 0 Å². The number of aromatic amines is 1. The Morgan fingerprint density at radius 3 is 2.55 bits per heavy atom. The first-order chi connectivity index (χ1) is 14.3. The minimum absolute atomic E-state index is 0.339. The van der Waals surface area contributed by atoms with E-state index in [0.717, 1.165) is 33.9 Å². The predicted molar refractivity (Wildman–Crippen MR) is 111 cm³/mol. The van der Waals surface area contributed by atoms with Crippen molar-refractivity contribution >= 4 is 11.0 Å². The van der Waals surface area contributed by atoms with Crippen molar-refractivity contribution in [2.45, 2.75) is 13.2 Å². The van der Waals surface area contributed by atoms with Crippen LogP contribution >= 0.6 is 0 Å². The maximum absolute atomic E-state index is 6.06. The summed E-state index contributed by atoms with van der Waals surface area (Å²) >= 11 is 0. The third-order valence-corrected chi connectivity index (χ3v) is 4.68. The third-order valence-electron chi connectivity index (χ3n) is 4.68. The van der Waals surface area contributed by atoms with Gasteiger partial charge in [0.05, 0.1) is 29.3 Å². The Bertz CT molecular complexity index is 1210. The van der Waals surface area contributed by atoms with Crippen LogP contribution in [0.3, 0.4) is 0 Å². The van der Waals surface area contributed by atoms with E-state index >= 15 is 0 Å². The summed E-state index contributed by atoms with van der Waals surface area (Å²) in [6.45, 7) is 1.02. The molecule has 0 unspecified atom stereocenters. The van der Waals surface area contributed by atoms with E-state index in [1.807, 2.05) is 77.6 Å². The molecule has 5 aromatic rings. The SMILES string of the molecule is c1ccc(Cn2cc(COc3ccccc3-c3nc4ccccc4[nH]3)nn2)cc1. The molecule has 0 aliphatic carbocycles. The number of H-pyrrole nitrogens is 1. The molecular weight excluding hydrogens is 362 g/mol. The zero-order chi connectivity index (χ0) is 19.5. The normalized spacial score (nSPS) is 11.0. The number of benzene rings is 3. The second-order valence-corrected chi connectivity index (χ2v) is 6.78. The summed E-state index contributed by atoms with van der Waals surface area (Å²) in [5.41, 5.74) is 4.81. The van der Waals surface area contributed by atoms with E-state index in [1.165, 1.54) is 5.56 Å². The lowest BCUT2D eigenvalue weighted by Crippen LogP contribution is -2.00. The van der Waals surface area contributed by atoms with Crippen molar-refractivity contribution in [3.05, 3.63) is 96.3 Å². The van der Waals surface area contributed by atoms with Gasteiger partial charge in [-0.1, -0.05) is 59.8 Å². The van der Waals surface area contributed by atoms with E-state index in [2.05, 4.69) is 32.4 Å². The molecule has 2 heterocycles. The number of hydrogen-bond donors (Lipinski definition) is 1. The zero-order valence-corrected chi connectivity index (χ0v) is 15.7. The Morgan fingerprint density at radius 1 is 0.862 bits per heavy atom. The Balaban J connectivity index is 1.33. The maximum Gasteiger partial charge on any atom is 0.142 e. The van der Waals surface area contributed by atoms with Crippen molar-refractivity contribution in [1.82, 2.24) is 25.0 Å². The molecule has 1 N–H and O–H groups in total. The van der Waals surface area contributed by atoms with Gasteiger partial charge in [-0.2, -0.15) is 0 Å². The first-order valence-electron chi connectivity index (χ1n) is 9.45. The zero-order valence-electron chi connectivity index (χ0n) is 15.7. The van der Waals surface area contributed by atoms with Gasteiger partial charge in [-0.25, -0.2) is 9.67 Å².